The molecule has 2 heterocycles. The second-order valence-electron chi connectivity index (χ2n) is 8.02. The summed E-state index contributed by atoms with van der Waals surface area (Å²) >= 11 is 0. The van der Waals surface area contributed by atoms with Gasteiger partial charge in [0.2, 0.25) is 11.3 Å². The van der Waals surface area contributed by atoms with Gasteiger partial charge in [-0.25, -0.2) is 9.18 Å². The minimum atomic E-state index is -4.76. The van der Waals surface area contributed by atoms with Crippen LogP contribution in [0.3, 0.4) is 0 Å². The van der Waals surface area contributed by atoms with Crippen LogP contribution in [-0.4, -0.2) is 21.2 Å². The molecule has 0 atom stereocenters. The molecule has 2 aromatic heterocycles. The molecule has 0 saturated carbocycles. The molecule has 3 aromatic carbocycles. The van der Waals surface area contributed by atoms with Crippen LogP contribution in [0.5, 0.6) is 5.75 Å². The molecule has 0 aliphatic rings. The summed E-state index contributed by atoms with van der Waals surface area (Å²) in [5.74, 6) is -2.41. The van der Waals surface area contributed by atoms with Gasteiger partial charge in [0.1, 0.15) is 23.4 Å². The molecule has 1 N–H and O–H groups in total. The minimum Gasteiger partial charge on any atom is -0.485 e. The Labute approximate surface area is 209 Å². The quantitative estimate of drug-likeness (QED) is 0.270. The van der Waals surface area contributed by atoms with Gasteiger partial charge in [0.25, 0.3) is 5.89 Å². The number of aromatic nitrogens is 2. The average Bonchev–Trinajstić information content (AvgIpc) is 3.36. The average molecular weight is 526 g/mol. The fourth-order valence-electron chi connectivity index (χ4n) is 3.74. The topological polar surface area (TPSA) is 116 Å². The number of nitrogens with zero attached hydrogens (tertiary/aromatic N) is 2. The van der Waals surface area contributed by atoms with Gasteiger partial charge < -0.3 is 18.8 Å². The first-order valence-corrected chi connectivity index (χ1v) is 10.8. The number of carboxylic acid groups (broad SMARTS) is 1. The highest BCUT2D eigenvalue weighted by atomic mass is 19.4. The van der Waals surface area contributed by atoms with Crippen LogP contribution in [0.25, 0.3) is 33.6 Å². The van der Waals surface area contributed by atoms with E-state index in [1.54, 1.807) is 12.1 Å². The summed E-state index contributed by atoms with van der Waals surface area (Å²) in [5, 5.41) is 13.2. The molecular weight excluding hydrogens is 512 g/mol. The number of carboxylic acids is 1. The Kier molecular flexibility index (Phi) is 6.15. The number of benzene rings is 3. The van der Waals surface area contributed by atoms with E-state index in [1.807, 2.05) is 0 Å². The minimum absolute atomic E-state index is 0.0278. The van der Waals surface area contributed by atoms with Gasteiger partial charge in [-0.15, -0.1) is 0 Å². The van der Waals surface area contributed by atoms with Gasteiger partial charge in [-0.1, -0.05) is 23.4 Å². The molecule has 0 aliphatic heterocycles. The van der Waals surface area contributed by atoms with Crippen molar-refractivity contribution >= 4 is 16.9 Å². The lowest BCUT2D eigenvalue weighted by atomic mass is 10.00. The third kappa shape index (κ3) is 4.83. The molecular formula is C26H14F4N2O6. The zero-order valence-corrected chi connectivity index (χ0v) is 19.0. The van der Waals surface area contributed by atoms with Gasteiger partial charge in [-0.05, 0) is 36.4 Å². The van der Waals surface area contributed by atoms with Crippen LogP contribution in [0.4, 0.5) is 17.6 Å². The Morgan fingerprint density at radius 2 is 1.82 bits per heavy atom. The molecule has 192 valence electrons. The third-order valence-corrected chi connectivity index (χ3v) is 5.50. The molecule has 0 saturated heterocycles. The van der Waals surface area contributed by atoms with E-state index in [9.17, 15) is 32.3 Å². The molecule has 8 nitrogen and oxygen atoms in total. The molecule has 0 fully saturated rings. The summed E-state index contributed by atoms with van der Waals surface area (Å²) in [4.78, 5) is 28.5. The van der Waals surface area contributed by atoms with Crippen LogP contribution in [0.1, 0.15) is 21.7 Å². The van der Waals surface area contributed by atoms with E-state index in [4.69, 9.17) is 13.7 Å². The van der Waals surface area contributed by atoms with Crippen LogP contribution in [0.2, 0.25) is 0 Å². The SMILES string of the molecule is O=C(O)c1ccccc1-c1coc2cc(OCc3noc(-c4cc(F)cc(C(F)(F)F)c4)n3)ccc2c1=O. The van der Waals surface area contributed by atoms with E-state index < -0.39 is 29.0 Å². The lowest BCUT2D eigenvalue weighted by Crippen LogP contribution is -2.08. The third-order valence-electron chi connectivity index (χ3n) is 5.50. The Bertz CT molecular complexity index is 1740. The van der Waals surface area contributed by atoms with Gasteiger partial charge in [0, 0.05) is 17.2 Å². The Hall–Kier alpha value is -5.00. The fraction of sp³-hybridized carbons (Fsp3) is 0.0769. The molecule has 0 unspecified atom stereocenters. The monoisotopic (exact) mass is 526 g/mol. The van der Waals surface area contributed by atoms with E-state index in [-0.39, 0.29) is 57.3 Å². The van der Waals surface area contributed by atoms with Gasteiger partial charge in [0.05, 0.1) is 22.1 Å². The van der Waals surface area contributed by atoms with Crippen molar-refractivity contribution in [1.82, 2.24) is 10.1 Å². The first kappa shape index (κ1) is 24.7. The number of fused-ring (bicyclic) bond motifs is 1. The molecule has 38 heavy (non-hydrogen) atoms. The number of rotatable bonds is 6. The van der Waals surface area contributed by atoms with E-state index in [1.165, 1.54) is 30.3 Å². The number of aromatic carboxylic acids is 1. The number of alkyl halides is 3. The number of hydrogen-bond acceptors (Lipinski definition) is 7. The largest absolute Gasteiger partial charge is 0.485 e. The summed E-state index contributed by atoms with van der Waals surface area (Å²) in [5.41, 5.74) is -1.48. The van der Waals surface area contributed by atoms with E-state index >= 15 is 0 Å². The first-order chi connectivity index (χ1) is 18.1. The maximum absolute atomic E-state index is 13.7. The normalized spacial score (nSPS) is 11.6. The van der Waals surface area contributed by atoms with Crippen LogP contribution in [0.15, 0.2) is 80.7 Å². The van der Waals surface area contributed by atoms with Crippen LogP contribution in [0, 0.1) is 5.82 Å². The zero-order valence-electron chi connectivity index (χ0n) is 19.0. The molecule has 5 rings (SSSR count). The summed E-state index contributed by atoms with van der Waals surface area (Å²) < 4.78 is 68.7. The molecule has 0 spiro atoms. The van der Waals surface area contributed by atoms with Crippen LogP contribution >= 0.6 is 0 Å². The number of carbonyl (C=O) groups is 1. The number of ether oxygens (including phenoxy) is 1. The maximum atomic E-state index is 13.7. The molecule has 0 amide bonds. The Morgan fingerprint density at radius 3 is 2.58 bits per heavy atom. The van der Waals surface area contributed by atoms with Gasteiger partial charge >= 0.3 is 12.1 Å². The molecule has 0 aliphatic carbocycles. The summed E-state index contributed by atoms with van der Waals surface area (Å²) in [6, 6.07) is 12.3. The number of halogens is 4. The first-order valence-electron chi connectivity index (χ1n) is 10.8. The molecule has 0 radical (unpaired) electrons. The maximum Gasteiger partial charge on any atom is 0.416 e. The van der Waals surface area contributed by atoms with Gasteiger partial charge in [0.15, 0.2) is 6.61 Å². The molecule has 12 heteroatoms. The lowest BCUT2D eigenvalue weighted by molar-refractivity contribution is -0.137. The Balaban J connectivity index is 1.36. The van der Waals surface area contributed by atoms with Crippen molar-refractivity contribution in [3.63, 3.8) is 0 Å². The lowest BCUT2D eigenvalue weighted by Gasteiger charge is -2.08. The highest BCUT2D eigenvalue weighted by molar-refractivity contribution is 5.96. The molecule has 5 aromatic rings. The molecule has 0 bridgehead atoms. The van der Waals surface area contributed by atoms with Gasteiger partial charge in [-0.2, -0.15) is 18.2 Å². The Morgan fingerprint density at radius 1 is 1.03 bits per heavy atom. The highest BCUT2D eigenvalue weighted by Crippen LogP contribution is 2.33. The highest BCUT2D eigenvalue weighted by Gasteiger charge is 2.32. The fourth-order valence-corrected chi connectivity index (χ4v) is 3.74. The van der Waals surface area contributed by atoms with Crippen molar-refractivity contribution < 1.29 is 41.1 Å². The van der Waals surface area contributed by atoms with E-state index in [0.717, 1.165) is 12.3 Å². The predicted octanol–water partition coefficient (Wildman–Crippen LogP) is 5.95. The van der Waals surface area contributed by atoms with Crippen molar-refractivity contribution in [3.8, 4) is 28.3 Å². The van der Waals surface area contributed by atoms with Crippen molar-refractivity contribution in [2.75, 3.05) is 0 Å². The van der Waals surface area contributed by atoms with Gasteiger partial charge in [-0.3, -0.25) is 4.79 Å². The summed E-state index contributed by atoms with van der Waals surface area (Å²) in [6.07, 6.45) is -3.59. The van der Waals surface area contributed by atoms with Crippen LogP contribution in [-0.2, 0) is 12.8 Å². The second-order valence-corrected chi connectivity index (χ2v) is 8.02. The zero-order chi connectivity index (χ0) is 27.0. The summed E-state index contributed by atoms with van der Waals surface area (Å²) in [7, 11) is 0. The van der Waals surface area contributed by atoms with Crippen LogP contribution < -0.4 is 10.2 Å². The standard InChI is InChI=1S/C26H14F4N2O6/c27-15-8-13(7-14(9-15)26(28,29)30)24-31-22(32-38-24)12-36-16-5-6-19-21(10-16)37-11-20(23(19)33)17-3-1-2-4-18(17)25(34)35/h1-11H,12H2,(H,34,35). The smallest absolute Gasteiger partial charge is 0.416 e. The second kappa shape index (κ2) is 9.47. The van der Waals surface area contributed by atoms with E-state index in [0.29, 0.717) is 12.1 Å². The van der Waals surface area contributed by atoms with Crippen molar-refractivity contribution in [3.05, 3.63) is 99.9 Å². The predicted molar refractivity (Wildman–Crippen MR) is 124 cm³/mol. The van der Waals surface area contributed by atoms with Crippen molar-refractivity contribution in [1.29, 1.82) is 0 Å². The summed E-state index contributed by atoms with van der Waals surface area (Å²) in [6.45, 7) is -0.259. The van der Waals surface area contributed by atoms with E-state index in [2.05, 4.69) is 10.1 Å². The number of hydrogen-bond donors (Lipinski definition) is 1. The van der Waals surface area contributed by atoms with Crippen molar-refractivity contribution in [2.24, 2.45) is 0 Å². The van der Waals surface area contributed by atoms with Crippen molar-refractivity contribution in [2.45, 2.75) is 12.8 Å².